The third-order valence-electron chi connectivity index (χ3n) is 6.03. The zero-order valence-corrected chi connectivity index (χ0v) is 18.2. The van der Waals surface area contributed by atoms with Crippen LogP contribution in [0, 0.1) is 5.82 Å². The van der Waals surface area contributed by atoms with Crippen molar-refractivity contribution in [3.8, 4) is 11.1 Å². The van der Waals surface area contributed by atoms with E-state index in [1.54, 1.807) is 0 Å². The Labute approximate surface area is 191 Å². The topological polar surface area (TPSA) is 86.8 Å². The van der Waals surface area contributed by atoms with Crippen LogP contribution in [-0.2, 0) is 6.54 Å². The number of benzene rings is 1. The van der Waals surface area contributed by atoms with E-state index in [0.717, 1.165) is 36.3 Å². The Morgan fingerprint density at radius 3 is 2.67 bits per heavy atom. The van der Waals surface area contributed by atoms with Crippen LogP contribution >= 0.6 is 0 Å². The number of anilines is 1. The van der Waals surface area contributed by atoms with Crippen LogP contribution in [0.4, 0.5) is 10.1 Å². The fourth-order valence-electron chi connectivity index (χ4n) is 4.30. The number of aromatic nitrogens is 4. The Kier molecular flexibility index (Phi) is 6.08. The summed E-state index contributed by atoms with van der Waals surface area (Å²) in [4.78, 5) is 23.6. The standard InChI is InChI=1S/C25H25FN6O/c26-21-7-8-27-15-23(21)29-25(33)24-20-12-18(5-6-22(20)30-31-24)19-11-17(13-28-14-19)16-32-9-3-1-2-4-10-32/h5-8,11-15H,1-4,9-10,16H2,(H,29,33)(H,30,31). The molecule has 4 aromatic rings. The predicted molar refractivity (Wildman–Crippen MR) is 125 cm³/mol. The van der Waals surface area contributed by atoms with Crippen molar-refractivity contribution in [1.29, 1.82) is 0 Å². The highest BCUT2D eigenvalue weighted by Crippen LogP contribution is 2.27. The molecule has 8 heteroatoms. The second kappa shape index (κ2) is 9.46. The Bertz CT molecular complexity index is 1280. The van der Waals surface area contributed by atoms with E-state index in [0.29, 0.717) is 5.39 Å². The quantitative estimate of drug-likeness (QED) is 0.462. The van der Waals surface area contributed by atoms with E-state index in [9.17, 15) is 9.18 Å². The largest absolute Gasteiger partial charge is 0.317 e. The number of likely N-dealkylation sites (tertiary alicyclic amines) is 1. The number of aromatic amines is 1. The van der Waals surface area contributed by atoms with Gasteiger partial charge in [0.05, 0.1) is 17.4 Å². The molecule has 1 fully saturated rings. The van der Waals surface area contributed by atoms with Crippen molar-refractivity contribution < 1.29 is 9.18 Å². The van der Waals surface area contributed by atoms with Crippen molar-refractivity contribution >= 4 is 22.5 Å². The highest BCUT2D eigenvalue weighted by atomic mass is 19.1. The van der Waals surface area contributed by atoms with Crippen LogP contribution in [0.15, 0.2) is 55.1 Å². The molecule has 7 nitrogen and oxygen atoms in total. The number of halogens is 1. The number of hydrogen-bond acceptors (Lipinski definition) is 5. The monoisotopic (exact) mass is 444 g/mol. The molecule has 0 atom stereocenters. The first-order chi connectivity index (χ1) is 16.2. The van der Waals surface area contributed by atoms with Gasteiger partial charge in [0.25, 0.3) is 5.91 Å². The van der Waals surface area contributed by atoms with Crippen molar-refractivity contribution in [2.75, 3.05) is 18.4 Å². The Morgan fingerprint density at radius 1 is 1.00 bits per heavy atom. The van der Waals surface area contributed by atoms with Gasteiger partial charge in [0.2, 0.25) is 0 Å². The maximum Gasteiger partial charge on any atom is 0.276 e. The van der Waals surface area contributed by atoms with E-state index < -0.39 is 11.7 Å². The van der Waals surface area contributed by atoms with Crippen LogP contribution < -0.4 is 5.32 Å². The lowest BCUT2D eigenvalue weighted by molar-refractivity contribution is 0.102. The van der Waals surface area contributed by atoms with E-state index in [-0.39, 0.29) is 11.4 Å². The van der Waals surface area contributed by atoms with Crippen molar-refractivity contribution in [3.05, 3.63) is 72.2 Å². The first kappa shape index (κ1) is 21.2. The highest BCUT2D eigenvalue weighted by Gasteiger charge is 2.17. The Morgan fingerprint density at radius 2 is 1.85 bits per heavy atom. The van der Waals surface area contributed by atoms with Gasteiger partial charge in [-0.3, -0.25) is 24.8 Å². The number of rotatable bonds is 5. The molecular weight excluding hydrogens is 419 g/mol. The second-order valence-electron chi connectivity index (χ2n) is 8.41. The van der Waals surface area contributed by atoms with Gasteiger partial charge in [0.15, 0.2) is 5.69 Å². The third-order valence-corrected chi connectivity index (χ3v) is 6.03. The van der Waals surface area contributed by atoms with Crippen LogP contribution in [0.5, 0.6) is 0 Å². The molecule has 2 N–H and O–H groups in total. The fourth-order valence-corrected chi connectivity index (χ4v) is 4.30. The molecule has 0 saturated carbocycles. The summed E-state index contributed by atoms with van der Waals surface area (Å²) in [6.07, 6.45) is 11.5. The summed E-state index contributed by atoms with van der Waals surface area (Å²) < 4.78 is 13.9. The predicted octanol–water partition coefficient (Wildman–Crippen LogP) is 4.79. The first-order valence-electron chi connectivity index (χ1n) is 11.2. The molecule has 1 saturated heterocycles. The van der Waals surface area contributed by atoms with Gasteiger partial charge in [0, 0.05) is 36.1 Å². The zero-order valence-electron chi connectivity index (χ0n) is 18.2. The molecule has 168 valence electrons. The average molecular weight is 445 g/mol. The average Bonchev–Trinajstić information content (AvgIpc) is 3.09. The number of nitrogens with zero attached hydrogens (tertiary/aromatic N) is 4. The van der Waals surface area contributed by atoms with E-state index in [1.807, 2.05) is 30.6 Å². The molecule has 4 heterocycles. The summed E-state index contributed by atoms with van der Waals surface area (Å²) in [5.41, 5.74) is 4.03. The van der Waals surface area contributed by atoms with Gasteiger partial charge in [-0.25, -0.2) is 4.39 Å². The molecular formula is C25H25FN6O. The molecule has 5 rings (SSSR count). The third kappa shape index (κ3) is 4.75. The number of carbonyl (C=O) groups excluding carboxylic acids is 1. The number of pyridine rings is 2. The van der Waals surface area contributed by atoms with Gasteiger partial charge in [-0.05, 0) is 61.3 Å². The number of amides is 1. The summed E-state index contributed by atoms with van der Waals surface area (Å²) >= 11 is 0. The molecule has 0 unspecified atom stereocenters. The molecule has 1 aliphatic rings. The minimum atomic E-state index is -0.550. The Hall–Kier alpha value is -3.65. The molecule has 3 aromatic heterocycles. The molecule has 0 spiro atoms. The SMILES string of the molecule is O=C(Nc1cnccc1F)c1n[nH]c2ccc(-c3cncc(CN4CCCCCC4)c3)cc12. The van der Waals surface area contributed by atoms with E-state index in [4.69, 9.17) is 0 Å². The summed E-state index contributed by atoms with van der Waals surface area (Å²) in [6, 6.07) is 9.14. The summed E-state index contributed by atoms with van der Waals surface area (Å²) in [5.74, 6) is -1.05. The second-order valence-corrected chi connectivity index (χ2v) is 8.41. The van der Waals surface area contributed by atoms with Crippen LogP contribution in [-0.4, -0.2) is 44.1 Å². The smallest absolute Gasteiger partial charge is 0.276 e. The molecule has 1 amide bonds. The van der Waals surface area contributed by atoms with Gasteiger partial charge in [-0.2, -0.15) is 5.10 Å². The molecule has 0 bridgehead atoms. The number of nitrogens with one attached hydrogen (secondary N) is 2. The van der Waals surface area contributed by atoms with Crippen LogP contribution in [0.3, 0.4) is 0 Å². The van der Waals surface area contributed by atoms with Gasteiger partial charge < -0.3 is 5.32 Å². The maximum atomic E-state index is 13.9. The van der Waals surface area contributed by atoms with Crippen molar-refractivity contribution in [1.82, 2.24) is 25.1 Å². The maximum absolute atomic E-state index is 13.9. The van der Waals surface area contributed by atoms with Gasteiger partial charge in [-0.15, -0.1) is 0 Å². The van der Waals surface area contributed by atoms with Crippen LogP contribution in [0.1, 0.15) is 41.7 Å². The Balaban J connectivity index is 1.40. The van der Waals surface area contributed by atoms with E-state index >= 15 is 0 Å². The molecule has 1 aliphatic heterocycles. The fraction of sp³-hybridized carbons (Fsp3) is 0.280. The van der Waals surface area contributed by atoms with Crippen molar-refractivity contribution in [2.24, 2.45) is 0 Å². The zero-order chi connectivity index (χ0) is 22.6. The lowest BCUT2D eigenvalue weighted by Crippen LogP contribution is -2.24. The number of carbonyl (C=O) groups is 1. The molecule has 0 radical (unpaired) electrons. The lowest BCUT2D eigenvalue weighted by atomic mass is 10.0. The molecule has 0 aliphatic carbocycles. The first-order valence-corrected chi connectivity index (χ1v) is 11.2. The van der Waals surface area contributed by atoms with Gasteiger partial charge in [-0.1, -0.05) is 18.9 Å². The van der Waals surface area contributed by atoms with Gasteiger partial charge in [0.1, 0.15) is 5.82 Å². The van der Waals surface area contributed by atoms with Crippen molar-refractivity contribution in [3.63, 3.8) is 0 Å². The summed E-state index contributed by atoms with van der Waals surface area (Å²) in [6.45, 7) is 3.14. The minimum absolute atomic E-state index is 0.0141. The number of fused-ring (bicyclic) bond motifs is 1. The molecule has 33 heavy (non-hydrogen) atoms. The van der Waals surface area contributed by atoms with Gasteiger partial charge >= 0.3 is 0 Å². The van der Waals surface area contributed by atoms with Crippen molar-refractivity contribution in [2.45, 2.75) is 32.2 Å². The highest BCUT2D eigenvalue weighted by molar-refractivity contribution is 6.11. The lowest BCUT2D eigenvalue weighted by Gasteiger charge is -2.19. The normalized spacial score (nSPS) is 14.8. The number of H-pyrrole nitrogens is 1. The molecule has 1 aromatic carbocycles. The number of hydrogen-bond donors (Lipinski definition) is 2. The van der Waals surface area contributed by atoms with Crippen LogP contribution in [0.25, 0.3) is 22.0 Å². The minimum Gasteiger partial charge on any atom is -0.317 e. The van der Waals surface area contributed by atoms with E-state index in [1.165, 1.54) is 49.7 Å². The summed E-state index contributed by atoms with van der Waals surface area (Å²) in [7, 11) is 0. The van der Waals surface area contributed by atoms with Crippen LogP contribution in [0.2, 0.25) is 0 Å². The summed E-state index contributed by atoms with van der Waals surface area (Å²) in [5, 5.41) is 10.2. The van der Waals surface area contributed by atoms with E-state index in [2.05, 4.69) is 36.4 Å².